The van der Waals surface area contributed by atoms with Gasteiger partial charge in [-0.2, -0.15) is 0 Å². The van der Waals surface area contributed by atoms with E-state index < -0.39 is 4.92 Å². The van der Waals surface area contributed by atoms with Crippen molar-refractivity contribution in [1.82, 2.24) is 5.32 Å². The number of ether oxygens (including phenoxy) is 1. The summed E-state index contributed by atoms with van der Waals surface area (Å²) >= 11 is 6.11. The molecule has 7 heteroatoms. The molecular weight excluding hydrogens is 284 g/mol. The molecule has 1 N–H and O–H groups in total. The monoisotopic (exact) mass is 298 g/mol. The zero-order chi connectivity index (χ0) is 14.7. The number of amides is 1. The van der Waals surface area contributed by atoms with Crippen LogP contribution in [-0.2, 0) is 0 Å². The average molecular weight is 299 g/mol. The van der Waals surface area contributed by atoms with E-state index in [4.69, 9.17) is 16.3 Å². The molecular formula is C13H15ClN2O4. The number of alkyl halides is 1. The number of hydrogen-bond acceptors (Lipinski definition) is 4. The van der Waals surface area contributed by atoms with Crippen molar-refractivity contribution < 1.29 is 14.5 Å². The molecule has 0 bridgehead atoms. The van der Waals surface area contributed by atoms with E-state index in [0.717, 1.165) is 19.3 Å². The number of halogens is 1. The van der Waals surface area contributed by atoms with E-state index in [1.165, 1.54) is 25.3 Å². The van der Waals surface area contributed by atoms with Gasteiger partial charge in [-0.25, -0.2) is 0 Å². The van der Waals surface area contributed by atoms with Crippen LogP contribution in [0.4, 0.5) is 5.69 Å². The van der Waals surface area contributed by atoms with Gasteiger partial charge in [-0.15, -0.1) is 11.6 Å². The van der Waals surface area contributed by atoms with Gasteiger partial charge < -0.3 is 10.1 Å². The van der Waals surface area contributed by atoms with E-state index in [2.05, 4.69) is 5.32 Å². The second-order valence-corrected chi connectivity index (χ2v) is 5.23. The van der Waals surface area contributed by atoms with Gasteiger partial charge in [0.05, 0.1) is 17.4 Å². The summed E-state index contributed by atoms with van der Waals surface area (Å²) in [4.78, 5) is 22.3. The highest BCUT2D eigenvalue weighted by molar-refractivity contribution is 6.21. The smallest absolute Gasteiger partial charge is 0.310 e. The number of nitro benzene ring substituents is 1. The third kappa shape index (κ3) is 3.01. The second kappa shape index (κ2) is 6.09. The van der Waals surface area contributed by atoms with Gasteiger partial charge in [-0.1, -0.05) is 0 Å². The maximum atomic E-state index is 12.1. The van der Waals surface area contributed by atoms with Gasteiger partial charge in [0.25, 0.3) is 5.91 Å². The van der Waals surface area contributed by atoms with Crippen molar-refractivity contribution in [1.29, 1.82) is 0 Å². The Morgan fingerprint density at radius 2 is 2.25 bits per heavy atom. The highest BCUT2D eigenvalue weighted by Gasteiger charge is 2.27. The summed E-state index contributed by atoms with van der Waals surface area (Å²) in [5.41, 5.74) is 0.156. The van der Waals surface area contributed by atoms with Gasteiger partial charge >= 0.3 is 5.69 Å². The fourth-order valence-electron chi connectivity index (χ4n) is 2.30. The Balaban J connectivity index is 2.16. The van der Waals surface area contributed by atoms with Crippen LogP contribution in [0.3, 0.4) is 0 Å². The first-order valence-electron chi connectivity index (χ1n) is 6.30. The van der Waals surface area contributed by atoms with Crippen LogP contribution in [-0.4, -0.2) is 29.4 Å². The van der Waals surface area contributed by atoms with Crippen molar-refractivity contribution >= 4 is 23.2 Å². The number of carbonyl (C=O) groups excluding carboxylic acids is 1. The van der Waals surface area contributed by atoms with E-state index >= 15 is 0 Å². The Hall–Kier alpha value is -1.82. The van der Waals surface area contributed by atoms with E-state index in [1.807, 2.05) is 0 Å². The maximum Gasteiger partial charge on any atom is 0.310 e. The Morgan fingerprint density at radius 3 is 2.80 bits per heavy atom. The fourth-order valence-corrected chi connectivity index (χ4v) is 2.64. The summed E-state index contributed by atoms with van der Waals surface area (Å²) < 4.78 is 4.94. The number of nitrogens with one attached hydrogen (secondary N) is 1. The number of nitro groups is 1. The molecule has 108 valence electrons. The van der Waals surface area contributed by atoms with Crippen molar-refractivity contribution in [3.63, 3.8) is 0 Å². The van der Waals surface area contributed by atoms with Crippen LogP contribution in [0.5, 0.6) is 5.75 Å². The van der Waals surface area contributed by atoms with Crippen LogP contribution >= 0.6 is 11.6 Å². The van der Waals surface area contributed by atoms with Crippen molar-refractivity contribution in [2.24, 2.45) is 0 Å². The molecule has 2 rings (SSSR count). The van der Waals surface area contributed by atoms with Gasteiger partial charge in [0.15, 0.2) is 5.75 Å². The molecule has 0 spiro atoms. The molecule has 0 saturated heterocycles. The highest BCUT2D eigenvalue weighted by atomic mass is 35.5. The van der Waals surface area contributed by atoms with Crippen LogP contribution in [0, 0.1) is 10.1 Å². The molecule has 1 aliphatic rings. The van der Waals surface area contributed by atoms with Crippen LogP contribution < -0.4 is 10.1 Å². The molecule has 2 unspecified atom stereocenters. The lowest BCUT2D eigenvalue weighted by atomic mass is 10.1. The van der Waals surface area contributed by atoms with Crippen LogP contribution in [0.2, 0.25) is 0 Å². The maximum absolute atomic E-state index is 12.1. The van der Waals surface area contributed by atoms with Crippen LogP contribution in [0.1, 0.15) is 29.6 Å². The van der Waals surface area contributed by atoms with E-state index in [9.17, 15) is 14.9 Å². The molecule has 1 saturated carbocycles. The average Bonchev–Trinajstić information content (AvgIpc) is 2.83. The number of benzene rings is 1. The summed E-state index contributed by atoms with van der Waals surface area (Å²) in [6, 6.07) is 3.99. The minimum atomic E-state index is -0.549. The lowest BCUT2D eigenvalue weighted by Gasteiger charge is -2.16. The van der Waals surface area contributed by atoms with E-state index in [0.29, 0.717) is 5.56 Å². The number of nitrogens with zero attached hydrogens (tertiary/aromatic N) is 1. The summed E-state index contributed by atoms with van der Waals surface area (Å²) in [5.74, 6) is -0.229. The molecule has 0 aromatic heterocycles. The number of methoxy groups -OCH3 is 1. The molecule has 1 fully saturated rings. The Morgan fingerprint density at radius 1 is 1.50 bits per heavy atom. The second-order valence-electron chi connectivity index (χ2n) is 4.67. The summed E-state index contributed by atoms with van der Waals surface area (Å²) in [6.45, 7) is 0. The predicted molar refractivity (Wildman–Crippen MR) is 74.4 cm³/mol. The fraction of sp³-hybridized carbons (Fsp3) is 0.462. The largest absolute Gasteiger partial charge is 0.490 e. The van der Waals surface area contributed by atoms with Gasteiger partial charge in [-0.05, 0) is 25.3 Å². The van der Waals surface area contributed by atoms with Crippen LogP contribution in [0.25, 0.3) is 0 Å². The lowest BCUT2D eigenvalue weighted by molar-refractivity contribution is -0.385. The predicted octanol–water partition coefficient (Wildman–Crippen LogP) is 2.49. The standard InChI is InChI=1S/C13H15ClN2O4/c1-20-12-7-8(5-6-11(12)16(18)19)13(17)15-10-4-2-3-9(10)14/h5-7,9-10H,2-4H2,1H3,(H,15,17). The summed E-state index contributed by atoms with van der Waals surface area (Å²) in [5, 5.41) is 13.6. The summed E-state index contributed by atoms with van der Waals surface area (Å²) in [7, 11) is 1.33. The molecule has 20 heavy (non-hydrogen) atoms. The molecule has 6 nitrogen and oxygen atoms in total. The van der Waals surface area contributed by atoms with Crippen molar-refractivity contribution in [2.75, 3.05) is 7.11 Å². The molecule has 2 atom stereocenters. The first-order chi connectivity index (χ1) is 9.52. The Bertz CT molecular complexity index is 535. The number of rotatable bonds is 4. The molecule has 0 radical (unpaired) electrons. The molecule has 0 aliphatic heterocycles. The first kappa shape index (κ1) is 14.6. The Kier molecular flexibility index (Phi) is 4.44. The summed E-state index contributed by atoms with van der Waals surface area (Å²) in [6.07, 6.45) is 2.73. The van der Waals surface area contributed by atoms with E-state index in [-0.39, 0.29) is 28.8 Å². The zero-order valence-corrected chi connectivity index (χ0v) is 11.7. The normalized spacial score (nSPS) is 21.5. The molecule has 1 aliphatic carbocycles. The van der Waals surface area contributed by atoms with Crippen LogP contribution in [0.15, 0.2) is 18.2 Å². The van der Waals surface area contributed by atoms with Crippen molar-refractivity contribution in [3.05, 3.63) is 33.9 Å². The van der Waals surface area contributed by atoms with E-state index in [1.54, 1.807) is 0 Å². The highest BCUT2D eigenvalue weighted by Crippen LogP contribution is 2.28. The van der Waals surface area contributed by atoms with Crippen molar-refractivity contribution in [3.8, 4) is 5.75 Å². The first-order valence-corrected chi connectivity index (χ1v) is 6.74. The topological polar surface area (TPSA) is 81.5 Å². The number of carbonyl (C=O) groups is 1. The van der Waals surface area contributed by atoms with Gasteiger partial charge in [0, 0.05) is 23.7 Å². The minimum Gasteiger partial charge on any atom is -0.490 e. The molecule has 1 amide bonds. The quantitative estimate of drug-likeness (QED) is 0.526. The third-order valence-corrected chi connectivity index (χ3v) is 3.91. The lowest BCUT2D eigenvalue weighted by Crippen LogP contribution is -2.37. The zero-order valence-electron chi connectivity index (χ0n) is 11.0. The molecule has 1 aromatic carbocycles. The molecule has 0 heterocycles. The molecule has 1 aromatic rings. The SMILES string of the molecule is COc1cc(C(=O)NC2CCCC2Cl)ccc1[N+](=O)[O-]. The van der Waals surface area contributed by atoms with Gasteiger partial charge in [0.2, 0.25) is 0 Å². The van der Waals surface area contributed by atoms with Gasteiger partial charge in [0.1, 0.15) is 0 Å². The number of hydrogen-bond donors (Lipinski definition) is 1. The Labute approximate surface area is 121 Å². The third-order valence-electron chi connectivity index (χ3n) is 3.39. The minimum absolute atomic E-state index is 0.0506. The van der Waals surface area contributed by atoms with Crippen molar-refractivity contribution in [2.45, 2.75) is 30.7 Å². The van der Waals surface area contributed by atoms with Gasteiger partial charge in [-0.3, -0.25) is 14.9 Å².